The summed E-state index contributed by atoms with van der Waals surface area (Å²) in [4.78, 5) is 8.97. The van der Waals surface area contributed by atoms with Crippen molar-refractivity contribution in [3.05, 3.63) is 53.7 Å². The van der Waals surface area contributed by atoms with Gasteiger partial charge in [0.05, 0.1) is 13.2 Å². The first-order valence-electron chi connectivity index (χ1n) is 10.3. The molecule has 7 heteroatoms. The van der Waals surface area contributed by atoms with Crippen molar-refractivity contribution in [3.8, 4) is 11.6 Å². The number of nitrogens with zero attached hydrogens (tertiary/aromatic N) is 2. The molecule has 1 aromatic carbocycles. The maximum absolute atomic E-state index is 6.07. The maximum Gasteiger partial charge on any atom is 0.213 e. The van der Waals surface area contributed by atoms with Gasteiger partial charge in [0.2, 0.25) is 5.88 Å². The molecule has 0 amide bonds. The lowest BCUT2D eigenvalue weighted by Gasteiger charge is -2.23. The van der Waals surface area contributed by atoms with E-state index >= 15 is 0 Å². The second-order valence-electron chi connectivity index (χ2n) is 7.72. The van der Waals surface area contributed by atoms with Crippen LogP contribution in [0.15, 0.2) is 47.6 Å². The van der Waals surface area contributed by atoms with E-state index in [0.717, 1.165) is 29.4 Å². The van der Waals surface area contributed by atoms with Crippen LogP contribution in [-0.2, 0) is 17.8 Å². The molecular formula is C23H34N4O3. The van der Waals surface area contributed by atoms with Crippen molar-refractivity contribution in [2.24, 2.45) is 4.99 Å². The summed E-state index contributed by atoms with van der Waals surface area (Å²) in [5, 5.41) is 6.65. The standard InChI is InChI=1S/C23H34N4O3/c1-6-24-22(26-16-18-11-12-21(25-15-18)29-14-13-28-5)27-17-19-9-7-8-10-20(19)30-23(2,3)4/h7-12,15H,6,13-14,16-17H2,1-5H3,(H2,24,26,27). The molecule has 0 aliphatic carbocycles. The van der Waals surface area contributed by atoms with Crippen molar-refractivity contribution in [2.75, 3.05) is 26.9 Å². The van der Waals surface area contributed by atoms with E-state index in [1.807, 2.05) is 58.0 Å². The molecule has 1 heterocycles. The second kappa shape index (κ2) is 12.0. The zero-order valence-electron chi connectivity index (χ0n) is 18.7. The van der Waals surface area contributed by atoms with Crippen LogP contribution in [-0.4, -0.2) is 43.4 Å². The second-order valence-corrected chi connectivity index (χ2v) is 7.72. The van der Waals surface area contributed by atoms with Crippen molar-refractivity contribution in [1.82, 2.24) is 15.6 Å². The van der Waals surface area contributed by atoms with Crippen LogP contribution in [0.25, 0.3) is 0 Å². The smallest absolute Gasteiger partial charge is 0.213 e. The van der Waals surface area contributed by atoms with Gasteiger partial charge in [-0.15, -0.1) is 0 Å². The minimum Gasteiger partial charge on any atom is -0.488 e. The Kier molecular flexibility index (Phi) is 9.41. The minimum absolute atomic E-state index is 0.249. The lowest BCUT2D eigenvalue weighted by atomic mass is 10.1. The van der Waals surface area contributed by atoms with Gasteiger partial charge in [0, 0.05) is 38.0 Å². The average molecular weight is 415 g/mol. The first kappa shape index (κ1) is 23.5. The number of para-hydroxylation sites is 1. The number of hydrogen-bond donors (Lipinski definition) is 2. The van der Waals surface area contributed by atoms with Crippen LogP contribution in [0, 0.1) is 0 Å². The van der Waals surface area contributed by atoms with Gasteiger partial charge in [-0.25, -0.2) is 9.98 Å². The molecule has 164 valence electrons. The van der Waals surface area contributed by atoms with Crippen LogP contribution in [0.4, 0.5) is 0 Å². The third kappa shape index (κ3) is 8.69. The summed E-state index contributed by atoms with van der Waals surface area (Å²) in [5.74, 6) is 2.20. The SMILES string of the molecule is CCNC(=NCc1ccc(OCCOC)nc1)NCc1ccccc1OC(C)(C)C. The number of aromatic nitrogens is 1. The van der Waals surface area contributed by atoms with Crippen molar-refractivity contribution in [3.63, 3.8) is 0 Å². The maximum atomic E-state index is 6.07. The van der Waals surface area contributed by atoms with E-state index in [4.69, 9.17) is 14.2 Å². The largest absolute Gasteiger partial charge is 0.488 e. The quantitative estimate of drug-likeness (QED) is 0.352. The molecule has 0 fully saturated rings. The third-order valence-corrected chi connectivity index (χ3v) is 3.93. The summed E-state index contributed by atoms with van der Waals surface area (Å²) in [7, 11) is 1.64. The van der Waals surface area contributed by atoms with E-state index in [1.54, 1.807) is 13.3 Å². The minimum atomic E-state index is -0.249. The summed E-state index contributed by atoms with van der Waals surface area (Å²) in [6.45, 7) is 11.1. The first-order chi connectivity index (χ1) is 14.4. The van der Waals surface area contributed by atoms with Gasteiger partial charge in [-0.1, -0.05) is 24.3 Å². The molecule has 0 unspecified atom stereocenters. The topological polar surface area (TPSA) is 77.0 Å². The van der Waals surface area contributed by atoms with E-state index < -0.39 is 0 Å². The molecule has 2 aromatic rings. The number of rotatable bonds is 10. The number of pyridine rings is 1. The molecule has 0 aliphatic rings. The lowest BCUT2D eigenvalue weighted by molar-refractivity contribution is 0.129. The Morgan fingerprint density at radius 3 is 2.53 bits per heavy atom. The fourth-order valence-electron chi connectivity index (χ4n) is 2.59. The number of benzene rings is 1. The molecule has 0 saturated heterocycles. The van der Waals surface area contributed by atoms with Crippen LogP contribution in [0.2, 0.25) is 0 Å². The predicted octanol–water partition coefficient (Wildman–Crippen LogP) is 3.54. The van der Waals surface area contributed by atoms with Gasteiger partial charge in [0.25, 0.3) is 0 Å². The van der Waals surface area contributed by atoms with Gasteiger partial charge < -0.3 is 24.8 Å². The van der Waals surface area contributed by atoms with Crippen molar-refractivity contribution in [1.29, 1.82) is 0 Å². The van der Waals surface area contributed by atoms with Gasteiger partial charge in [0.1, 0.15) is 18.0 Å². The van der Waals surface area contributed by atoms with Crippen LogP contribution in [0.5, 0.6) is 11.6 Å². The molecule has 2 rings (SSSR count). The highest BCUT2D eigenvalue weighted by Gasteiger charge is 2.14. The molecule has 2 N–H and O–H groups in total. The van der Waals surface area contributed by atoms with E-state index in [2.05, 4.69) is 26.7 Å². The van der Waals surface area contributed by atoms with Gasteiger partial charge in [-0.2, -0.15) is 0 Å². The Morgan fingerprint density at radius 1 is 1.07 bits per heavy atom. The number of aliphatic imine (C=N–C) groups is 1. The number of hydrogen-bond acceptors (Lipinski definition) is 5. The highest BCUT2D eigenvalue weighted by atomic mass is 16.5. The van der Waals surface area contributed by atoms with Crippen LogP contribution in [0.1, 0.15) is 38.8 Å². The van der Waals surface area contributed by atoms with Crippen molar-refractivity contribution < 1.29 is 14.2 Å². The van der Waals surface area contributed by atoms with E-state index in [9.17, 15) is 0 Å². The Hall–Kier alpha value is -2.80. The van der Waals surface area contributed by atoms with Crippen LogP contribution >= 0.6 is 0 Å². The molecule has 0 aliphatic heterocycles. The molecule has 0 atom stereocenters. The molecule has 0 spiro atoms. The average Bonchev–Trinajstić information content (AvgIpc) is 2.71. The monoisotopic (exact) mass is 414 g/mol. The number of ether oxygens (including phenoxy) is 3. The summed E-state index contributed by atoms with van der Waals surface area (Å²) in [5.41, 5.74) is 1.83. The molecule has 0 radical (unpaired) electrons. The highest BCUT2D eigenvalue weighted by Crippen LogP contribution is 2.22. The van der Waals surface area contributed by atoms with E-state index in [0.29, 0.717) is 32.2 Å². The highest BCUT2D eigenvalue weighted by molar-refractivity contribution is 5.79. The molecule has 1 aromatic heterocycles. The summed E-state index contributed by atoms with van der Waals surface area (Å²) in [6.07, 6.45) is 1.78. The van der Waals surface area contributed by atoms with Gasteiger partial charge in [-0.05, 0) is 39.3 Å². The number of nitrogens with one attached hydrogen (secondary N) is 2. The van der Waals surface area contributed by atoms with Crippen LogP contribution < -0.4 is 20.1 Å². The normalized spacial score (nSPS) is 11.8. The molecule has 7 nitrogen and oxygen atoms in total. The Labute approximate surface area is 179 Å². The van der Waals surface area contributed by atoms with Gasteiger partial charge in [0.15, 0.2) is 5.96 Å². The Morgan fingerprint density at radius 2 is 1.87 bits per heavy atom. The van der Waals surface area contributed by atoms with Crippen LogP contribution in [0.3, 0.4) is 0 Å². The Bertz CT molecular complexity index is 786. The Balaban J connectivity index is 1.97. The van der Waals surface area contributed by atoms with E-state index in [-0.39, 0.29) is 5.60 Å². The zero-order chi connectivity index (χ0) is 21.8. The fourth-order valence-corrected chi connectivity index (χ4v) is 2.59. The fraction of sp³-hybridized carbons (Fsp3) is 0.478. The van der Waals surface area contributed by atoms with Gasteiger partial charge >= 0.3 is 0 Å². The molecular weight excluding hydrogens is 380 g/mol. The van der Waals surface area contributed by atoms with E-state index in [1.165, 1.54) is 0 Å². The first-order valence-corrected chi connectivity index (χ1v) is 10.3. The van der Waals surface area contributed by atoms with Crippen molar-refractivity contribution >= 4 is 5.96 Å². The summed E-state index contributed by atoms with van der Waals surface area (Å²) in [6, 6.07) is 11.9. The van der Waals surface area contributed by atoms with Gasteiger partial charge in [-0.3, -0.25) is 0 Å². The molecule has 0 bridgehead atoms. The predicted molar refractivity (Wildman–Crippen MR) is 120 cm³/mol. The summed E-state index contributed by atoms with van der Waals surface area (Å²) >= 11 is 0. The third-order valence-electron chi connectivity index (χ3n) is 3.93. The molecule has 30 heavy (non-hydrogen) atoms. The molecule has 0 saturated carbocycles. The number of guanidine groups is 1. The van der Waals surface area contributed by atoms with Crippen molar-refractivity contribution in [2.45, 2.75) is 46.4 Å². The summed E-state index contributed by atoms with van der Waals surface area (Å²) < 4.78 is 16.5. The number of methoxy groups -OCH3 is 1. The lowest BCUT2D eigenvalue weighted by Crippen LogP contribution is -2.37. The zero-order valence-corrected chi connectivity index (χ0v) is 18.7.